The van der Waals surface area contributed by atoms with Crippen molar-refractivity contribution in [1.29, 1.82) is 0 Å². The Morgan fingerprint density at radius 1 is 1.35 bits per heavy atom. The molecule has 1 heterocycles. The largest absolute Gasteiger partial charge is 0.465 e. The number of aromatic nitrogens is 1. The van der Waals surface area contributed by atoms with Gasteiger partial charge in [-0.2, -0.15) is 0 Å². The number of nitrogens with zero attached hydrogens (tertiary/aromatic N) is 2. The molecule has 0 N–H and O–H groups in total. The number of hydrogen-bond acceptors (Lipinski definition) is 5. The van der Waals surface area contributed by atoms with E-state index in [0.717, 1.165) is 49.6 Å². The van der Waals surface area contributed by atoms with Crippen LogP contribution in [-0.2, 0) is 16.0 Å². The lowest BCUT2D eigenvalue weighted by Gasteiger charge is -2.20. The molecule has 0 spiro atoms. The van der Waals surface area contributed by atoms with Crippen LogP contribution >= 0.6 is 11.3 Å². The van der Waals surface area contributed by atoms with Crippen LogP contribution in [0.15, 0.2) is 0 Å². The molecule has 1 atom stereocenters. The van der Waals surface area contributed by atoms with Gasteiger partial charge in [0.1, 0.15) is 5.92 Å². The molecule has 5 heteroatoms. The third-order valence-electron chi connectivity index (χ3n) is 3.54. The van der Waals surface area contributed by atoms with Gasteiger partial charge in [0.2, 0.25) is 0 Å². The van der Waals surface area contributed by atoms with Crippen molar-refractivity contribution in [1.82, 2.24) is 4.98 Å². The number of carbonyl (C=O) groups excluding carboxylic acids is 1. The molecule has 1 aromatic heterocycles. The zero-order valence-electron chi connectivity index (χ0n) is 12.6. The molecule has 0 fully saturated rings. The fraction of sp³-hybridized carbons (Fsp3) is 0.733. The number of fused-ring (bicyclic) bond motifs is 1. The summed E-state index contributed by atoms with van der Waals surface area (Å²) >= 11 is 1.76. The summed E-state index contributed by atoms with van der Waals surface area (Å²) in [7, 11) is 0. The van der Waals surface area contributed by atoms with Crippen LogP contribution in [0.4, 0.5) is 5.13 Å². The van der Waals surface area contributed by atoms with E-state index in [2.05, 4.69) is 18.7 Å². The van der Waals surface area contributed by atoms with Crippen molar-refractivity contribution in [3.63, 3.8) is 0 Å². The molecule has 0 bridgehead atoms. The van der Waals surface area contributed by atoms with Crippen LogP contribution in [-0.4, -0.2) is 30.6 Å². The van der Waals surface area contributed by atoms with Gasteiger partial charge in [-0.15, -0.1) is 11.3 Å². The second kappa shape index (κ2) is 7.07. The summed E-state index contributed by atoms with van der Waals surface area (Å²) < 4.78 is 5.16. The molecule has 2 rings (SSSR count). The van der Waals surface area contributed by atoms with Gasteiger partial charge in [-0.3, -0.25) is 4.79 Å². The second-order valence-electron chi connectivity index (χ2n) is 5.14. The summed E-state index contributed by atoms with van der Waals surface area (Å²) in [5, 5.41) is 1.08. The zero-order valence-corrected chi connectivity index (χ0v) is 13.5. The fourth-order valence-electron chi connectivity index (χ4n) is 2.66. The molecule has 0 aromatic carbocycles. The summed E-state index contributed by atoms with van der Waals surface area (Å²) in [5.41, 5.74) is 0.973. The number of rotatable bonds is 7. The van der Waals surface area contributed by atoms with E-state index >= 15 is 0 Å². The zero-order chi connectivity index (χ0) is 14.5. The summed E-state index contributed by atoms with van der Waals surface area (Å²) in [4.78, 5) is 20.3. The van der Waals surface area contributed by atoms with Crippen molar-refractivity contribution >= 4 is 22.4 Å². The Balaban J connectivity index is 2.16. The topological polar surface area (TPSA) is 42.4 Å². The van der Waals surface area contributed by atoms with Gasteiger partial charge in [0.25, 0.3) is 0 Å². The second-order valence-corrected chi connectivity index (χ2v) is 6.20. The maximum atomic E-state index is 12.0. The highest BCUT2D eigenvalue weighted by Crippen LogP contribution is 2.40. The van der Waals surface area contributed by atoms with Gasteiger partial charge in [0.05, 0.1) is 12.3 Å². The lowest BCUT2D eigenvalue weighted by atomic mass is 10.1. The monoisotopic (exact) mass is 296 g/mol. The van der Waals surface area contributed by atoms with Crippen molar-refractivity contribution in [2.24, 2.45) is 0 Å². The Kier molecular flexibility index (Phi) is 5.40. The Bertz CT molecular complexity index is 453. The number of thiazole rings is 1. The molecule has 1 aliphatic rings. The van der Waals surface area contributed by atoms with Crippen LogP contribution in [0.25, 0.3) is 0 Å². The van der Waals surface area contributed by atoms with Gasteiger partial charge < -0.3 is 9.64 Å². The highest BCUT2D eigenvalue weighted by atomic mass is 32.1. The molecule has 112 valence electrons. The predicted octanol–water partition coefficient (Wildman–Crippen LogP) is 3.36. The molecule has 1 aromatic rings. The van der Waals surface area contributed by atoms with Crippen molar-refractivity contribution in [3.05, 3.63) is 10.6 Å². The fourth-order valence-corrected chi connectivity index (χ4v) is 3.85. The van der Waals surface area contributed by atoms with E-state index in [1.807, 2.05) is 6.92 Å². The van der Waals surface area contributed by atoms with Crippen LogP contribution in [0.5, 0.6) is 0 Å². The first-order valence-corrected chi connectivity index (χ1v) is 8.44. The van der Waals surface area contributed by atoms with E-state index in [0.29, 0.717) is 6.61 Å². The Labute approximate surface area is 125 Å². The quantitative estimate of drug-likeness (QED) is 0.724. The number of esters is 1. The summed E-state index contributed by atoms with van der Waals surface area (Å²) in [6.45, 7) is 8.73. The van der Waals surface area contributed by atoms with Crippen molar-refractivity contribution in [3.8, 4) is 0 Å². The van der Waals surface area contributed by atoms with Crippen molar-refractivity contribution in [2.75, 3.05) is 24.6 Å². The maximum Gasteiger partial charge on any atom is 0.315 e. The van der Waals surface area contributed by atoms with E-state index in [1.54, 1.807) is 11.3 Å². The van der Waals surface area contributed by atoms with Crippen molar-refractivity contribution < 1.29 is 9.53 Å². The van der Waals surface area contributed by atoms with Crippen LogP contribution < -0.4 is 4.90 Å². The summed E-state index contributed by atoms with van der Waals surface area (Å²) in [5.74, 6) is -0.249. The highest BCUT2D eigenvalue weighted by molar-refractivity contribution is 7.15. The Morgan fingerprint density at radius 2 is 2.05 bits per heavy atom. The predicted molar refractivity (Wildman–Crippen MR) is 82.6 cm³/mol. The average Bonchev–Trinajstić information content (AvgIpc) is 2.98. The minimum absolute atomic E-state index is 0.111. The SMILES string of the molecule is CCCN(CCC)c1nc2c(s1)CCC2C(=O)OCC. The first kappa shape index (κ1) is 15.3. The Morgan fingerprint density at radius 3 is 2.65 bits per heavy atom. The van der Waals surface area contributed by atoms with E-state index in [1.165, 1.54) is 4.88 Å². The maximum absolute atomic E-state index is 12.0. The van der Waals surface area contributed by atoms with Crippen LogP contribution in [0.1, 0.15) is 56.5 Å². The minimum Gasteiger partial charge on any atom is -0.465 e. The molecule has 0 amide bonds. The number of ether oxygens (including phenoxy) is 1. The number of anilines is 1. The first-order chi connectivity index (χ1) is 9.71. The third kappa shape index (κ3) is 3.14. The average molecular weight is 296 g/mol. The number of hydrogen-bond donors (Lipinski definition) is 0. The smallest absolute Gasteiger partial charge is 0.315 e. The van der Waals surface area contributed by atoms with Crippen LogP contribution in [0.2, 0.25) is 0 Å². The summed E-state index contributed by atoms with van der Waals surface area (Å²) in [6, 6.07) is 0. The lowest BCUT2D eigenvalue weighted by Crippen LogP contribution is -2.25. The van der Waals surface area contributed by atoms with Gasteiger partial charge in [0, 0.05) is 18.0 Å². The molecule has 1 aliphatic carbocycles. The van der Waals surface area contributed by atoms with Gasteiger partial charge in [-0.05, 0) is 32.6 Å². The molecule has 0 saturated carbocycles. The first-order valence-electron chi connectivity index (χ1n) is 7.62. The standard InChI is InChI=1S/C15H24N2O2S/c1-4-9-17(10-5-2)15-16-13-11(14(18)19-6-3)7-8-12(13)20-15/h11H,4-10H2,1-3H3. The summed E-state index contributed by atoms with van der Waals surface area (Å²) in [6.07, 6.45) is 4.05. The number of aryl methyl sites for hydroxylation is 1. The van der Waals surface area contributed by atoms with E-state index in [-0.39, 0.29) is 11.9 Å². The van der Waals surface area contributed by atoms with Gasteiger partial charge in [0.15, 0.2) is 5.13 Å². The van der Waals surface area contributed by atoms with E-state index < -0.39 is 0 Å². The third-order valence-corrected chi connectivity index (χ3v) is 4.73. The molecule has 0 saturated heterocycles. The molecule has 1 unspecified atom stereocenters. The number of carbonyl (C=O) groups is 1. The van der Waals surface area contributed by atoms with Gasteiger partial charge in [-0.25, -0.2) is 4.98 Å². The van der Waals surface area contributed by atoms with E-state index in [4.69, 9.17) is 9.72 Å². The molecule has 20 heavy (non-hydrogen) atoms. The Hall–Kier alpha value is -1.10. The molecule has 4 nitrogen and oxygen atoms in total. The lowest BCUT2D eigenvalue weighted by molar-refractivity contribution is -0.145. The molecular weight excluding hydrogens is 272 g/mol. The minimum atomic E-state index is -0.139. The molecular formula is C15H24N2O2S. The van der Waals surface area contributed by atoms with Crippen molar-refractivity contribution in [2.45, 2.75) is 52.4 Å². The normalized spacial score (nSPS) is 17.1. The van der Waals surface area contributed by atoms with Crippen LogP contribution in [0, 0.1) is 0 Å². The van der Waals surface area contributed by atoms with Gasteiger partial charge >= 0.3 is 5.97 Å². The molecule has 0 aliphatic heterocycles. The highest BCUT2D eigenvalue weighted by Gasteiger charge is 2.34. The molecule has 0 radical (unpaired) electrons. The van der Waals surface area contributed by atoms with Crippen LogP contribution in [0.3, 0.4) is 0 Å². The van der Waals surface area contributed by atoms with E-state index in [9.17, 15) is 4.79 Å². The van der Waals surface area contributed by atoms with Gasteiger partial charge in [-0.1, -0.05) is 13.8 Å².